The molecule has 12 heavy (non-hydrogen) atoms. The normalized spacial score (nSPS) is 14.8. The number of hydrogen-bond acceptors (Lipinski definition) is 3. The van der Waals surface area contributed by atoms with Crippen molar-refractivity contribution in [3.8, 4) is 0 Å². The summed E-state index contributed by atoms with van der Waals surface area (Å²) < 4.78 is -0.546. The Hall–Kier alpha value is -0.220. The highest BCUT2D eigenvalue weighted by atomic mass is 32.1. The van der Waals surface area contributed by atoms with Crippen LogP contribution in [0.1, 0.15) is 27.7 Å². The molecule has 0 radical (unpaired) electrons. The second-order valence-corrected chi connectivity index (χ2v) is 4.90. The van der Waals surface area contributed by atoms with E-state index in [2.05, 4.69) is 17.9 Å². The van der Waals surface area contributed by atoms with E-state index in [1.165, 1.54) is 0 Å². The molecule has 4 heteroatoms. The molecule has 0 fully saturated rings. The van der Waals surface area contributed by atoms with E-state index in [-0.39, 0.29) is 6.04 Å². The third-order valence-electron chi connectivity index (χ3n) is 1.45. The number of nitrogens with one attached hydrogen (secondary N) is 1. The summed E-state index contributed by atoms with van der Waals surface area (Å²) in [6.45, 7) is 7.39. The highest BCUT2D eigenvalue weighted by Crippen LogP contribution is 2.18. The van der Waals surface area contributed by atoms with Crippen LogP contribution in [-0.4, -0.2) is 27.9 Å². The zero-order valence-electron chi connectivity index (χ0n) is 7.96. The number of rotatable bonds is 4. The zero-order chi connectivity index (χ0) is 9.94. The van der Waals surface area contributed by atoms with Crippen LogP contribution in [0.4, 0.5) is 0 Å². The van der Waals surface area contributed by atoms with Gasteiger partial charge in [0, 0.05) is 10.8 Å². The Morgan fingerprint density at radius 2 is 1.92 bits per heavy atom. The predicted octanol–water partition coefficient (Wildman–Crippen LogP) is 1.15. The number of carboxylic acids is 1. The maximum absolute atomic E-state index is 10.8. The molecular weight excluding hydrogens is 174 g/mol. The van der Waals surface area contributed by atoms with Gasteiger partial charge in [-0.05, 0) is 13.8 Å². The molecule has 0 saturated carbocycles. The third-order valence-corrected chi connectivity index (χ3v) is 1.71. The molecule has 0 amide bonds. The van der Waals surface area contributed by atoms with Crippen molar-refractivity contribution >= 4 is 18.6 Å². The number of carboxylic acid groups (broad SMARTS) is 1. The van der Waals surface area contributed by atoms with Gasteiger partial charge < -0.3 is 10.4 Å². The molecule has 0 aromatic rings. The number of hydrogen-bond donors (Lipinski definition) is 3. The Morgan fingerprint density at radius 3 is 2.00 bits per heavy atom. The molecule has 0 heterocycles. The monoisotopic (exact) mass is 191 g/mol. The first kappa shape index (κ1) is 11.8. The molecule has 0 aromatic heterocycles. The van der Waals surface area contributed by atoms with Gasteiger partial charge in [-0.15, -0.1) is 0 Å². The summed E-state index contributed by atoms with van der Waals surface area (Å²) in [7, 11) is 0. The highest BCUT2D eigenvalue weighted by molar-refractivity contribution is 7.81. The van der Waals surface area contributed by atoms with Gasteiger partial charge in [0.05, 0.1) is 0 Å². The molecular formula is C8H17NO2S. The van der Waals surface area contributed by atoms with E-state index in [0.717, 1.165) is 0 Å². The van der Waals surface area contributed by atoms with Gasteiger partial charge in [-0.25, -0.2) is 0 Å². The Bertz CT molecular complexity index is 163. The first-order valence-electron chi connectivity index (χ1n) is 3.96. The summed E-state index contributed by atoms with van der Waals surface area (Å²) in [5.41, 5.74) is 0. The number of aliphatic carboxylic acids is 1. The van der Waals surface area contributed by atoms with Gasteiger partial charge in [0.15, 0.2) is 0 Å². The molecule has 0 aliphatic heterocycles. The van der Waals surface area contributed by atoms with Crippen molar-refractivity contribution in [2.24, 2.45) is 0 Å². The van der Waals surface area contributed by atoms with Crippen LogP contribution in [0.5, 0.6) is 0 Å². The second-order valence-electron chi connectivity index (χ2n) is 3.75. The third kappa shape index (κ3) is 3.97. The minimum Gasteiger partial charge on any atom is -0.480 e. The van der Waals surface area contributed by atoms with Crippen molar-refractivity contribution in [3.05, 3.63) is 0 Å². The van der Waals surface area contributed by atoms with Crippen LogP contribution < -0.4 is 5.32 Å². The van der Waals surface area contributed by atoms with Gasteiger partial charge in [-0.2, -0.15) is 12.6 Å². The van der Waals surface area contributed by atoms with Gasteiger partial charge in [0.2, 0.25) is 0 Å². The predicted molar refractivity (Wildman–Crippen MR) is 52.8 cm³/mol. The van der Waals surface area contributed by atoms with E-state index in [1.807, 2.05) is 13.8 Å². The lowest BCUT2D eigenvalue weighted by Gasteiger charge is -2.28. The van der Waals surface area contributed by atoms with Gasteiger partial charge in [0.25, 0.3) is 0 Å². The molecule has 0 aromatic carbocycles. The van der Waals surface area contributed by atoms with Crippen LogP contribution in [0.25, 0.3) is 0 Å². The van der Waals surface area contributed by atoms with Gasteiger partial charge in [-0.3, -0.25) is 4.79 Å². The molecule has 3 nitrogen and oxygen atoms in total. The summed E-state index contributed by atoms with van der Waals surface area (Å²) in [5, 5.41) is 11.8. The maximum Gasteiger partial charge on any atom is 0.322 e. The van der Waals surface area contributed by atoms with Crippen LogP contribution in [-0.2, 0) is 4.79 Å². The van der Waals surface area contributed by atoms with Crippen molar-refractivity contribution in [2.45, 2.75) is 44.5 Å². The van der Waals surface area contributed by atoms with E-state index in [9.17, 15) is 4.79 Å². The van der Waals surface area contributed by atoms with Crippen molar-refractivity contribution in [1.82, 2.24) is 5.32 Å². The lowest BCUT2D eigenvalue weighted by molar-refractivity contribution is -0.140. The quantitative estimate of drug-likeness (QED) is 0.584. The largest absolute Gasteiger partial charge is 0.480 e. The van der Waals surface area contributed by atoms with Crippen molar-refractivity contribution in [3.63, 3.8) is 0 Å². The summed E-state index contributed by atoms with van der Waals surface area (Å²) in [6.07, 6.45) is 0. The fourth-order valence-corrected chi connectivity index (χ4v) is 1.10. The van der Waals surface area contributed by atoms with Crippen LogP contribution in [0.3, 0.4) is 0 Å². The van der Waals surface area contributed by atoms with E-state index in [4.69, 9.17) is 5.11 Å². The standard InChI is InChI=1S/C8H17NO2S/c1-5(2)9-6(7(10)11)8(3,4)12/h5-6,9,12H,1-4H3,(H,10,11)/t6-/m1/s1. The summed E-state index contributed by atoms with van der Waals surface area (Å²) in [4.78, 5) is 10.8. The van der Waals surface area contributed by atoms with E-state index >= 15 is 0 Å². The van der Waals surface area contributed by atoms with Crippen LogP contribution in [0, 0.1) is 0 Å². The molecule has 0 rings (SSSR count). The fourth-order valence-electron chi connectivity index (χ4n) is 0.911. The smallest absolute Gasteiger partial charge is 0.322 e. The average molecular weight is 191 g/mol. The van der Waals surface area contributed by atoms with Crippen LogP contribution >= 0.6 is 12.6 Å². The first-order valence-corrected chi connectivity index (χ1v) is 4.41. The Balaban J connectivity index is 4.35. The van der Waals surface area contributed by atoms with Gasteiger partial charge in [-0.1, -0.05) is 13.8 Å². The average Bonchev–Trinajstić information content (AvgIpc) is 1.79. The summed E-state index contributed by atoms with van der Waals surface area (Å²) >= 11 is 4.22. The van der Waals surface area contributed by atoms with E-state index in [1.54, 1.807) is 13.8 Å². The Morgan fingerprint density at radius 1 is 1.50 bits per heavy atom. The van der Waals surface area contributed by atoms with Gasteiger partial charge in [0.1, 0.15) is 6.04 Å². The SMILES string of the molecule is CC(C)N[C@H](C(=O)O)C(C)(C)S. The molecule has 1 atom stereocenters. The molecule has 72 valence electrons. The molecule has 0 aliphatic rings. The fraction of sp³-hybridized carbons (Fsp3) is 0.875. The topological polar surface area (TPSA) is 49.3 Å². The highest BCUT2D eigenvalue weighted by Gasteiger charge is 2.32. The lowest BCUT2D eigenvalue weighted by atomic mass is 10.0. The van der Waals surface area contributed by atoms with E-state index in [0.29, 0.717) is 0 Å². The number of carbonyl (C=O) groups is 1. The summed E-state index contributed by atoms with van der Waals surface area (Å²) in [5.74, 6) is -0.858. The van der Waals surface area contributed by atoms with E-state index < -0.39 is 16.8 Å². The molecule has 0 spiro atoms. The first-order chi connectivity index (χ1) is 5.25. The molecule has 0 saturated heterocycles. The summed E-state index contributed by atoms with van der Waals surface area (Å²) in [6, 6.07) is -0.460. The molecule has 2 N–H and O–H groups in total. The molecule has 0 aliphatic carbocycles. The van der Waals surface area contributed by atoms with Crippen LogP contribution in [0.15, 0.2) is 0 Å². The minimum atomic E-state index is -0.858. The maximum atomic E-state index is 10.8. The lowest BCUT2D eigenvalue weighted by Crippen LogP contribution is -2.51. The molecule has 0 bridgehead atoms. The Labute approximate surface area is 79.0 Å². The van der Waals surface area contributed by atoms with Crippen molar-refractivity contribution in [2.75, 3.05) is 0 Å². The minimum absolute atomic E-state index is 0.150. The molecule has 0 unspecified atom stereocenters. The van der Waals surface area contributed by atoms with Gasteiger partial charge >= 0.3 is 5.97 Å². The Kier molecular flexibility index (Phi) is 4.06. The number of thiol groups is 1. The second kappa shape index (κ2) is 4.14. The zero-order valence-corrected chi connectivity index (χ0v) is 8.85. The van der Waals surface area contributed by atoms with Crippen LogP contribution in [0.2, 0.25) is 0 Å². The van der Waals surface area contributed by atoms with Crippen molar-refractivity contribution in [1.29, 1.82) is 0 Å². The van der Waals surface area contributed by atoms with Crippen molar-refractivity contribution < 1.29 is 9.90 Å².